The quantitative estimate of drug-likeness (QED) is 0.834. The van der Waals surface area contributed by atoms with Gasteiger partial charge in [-0.2, -0.15) is 0 Å². The van der Waals surface area contributed by atoms with Crippen LogP contribution in [0.25, 0.3) is 11.3 Å². The highest BCUT2D eigenvalue weighted by atomic mass is 79.9. The molecular weight excluding hydrogens is 292 g/mol. The molecule has 0 saturated heterocycles. The monoisotopic (exact) mass is 306 g/mol. The van der Waals surface area contributed by atoms with E-state index in [0.717, 1.165) is 34.5 Å². The van der Waals surface area contributed by atoms with Crippen molar-refractivity contribution in [3.05, 3.63) is 40.9 Å². The Morgan fingerprint density at radius 1 is 1.11 bits per heavy atom. The van der Waals surface area contributed by atoms with E-state index in [2.05, 4.69) is 31.4 Å². The number of nitrogens with two attached hydrogens (primary N) is 1. The molecule has 0 atom stereocenters. The van der Waals surface area contributed by atoms with Crippen molar-refractivity contribution in [3.63, 3.8) is 0 Å². The summed E-state index contributed by atoms with van der Waals surface area (Å²) >= 11 is 3.51. The van der Waals surface area contributed by atoms with E-state index in [1.54, 1.807) is 0 Å². The molecule has 3 N–H and O–H groups in total. The van der Waals surface area contributed by atoms with Gasteiger partial charge in [-0.1, -0.05) is 34.1 Å². The summed E-state index contributed by atoms with van der Waals surface area (Å²) < 4.78 is 1.02. The van der Waals surface area contributed by atoms with E-state index in [9.17, 15) is 0 Å². The van der Waals surface area contributed by atoms with E-state index in [-0.39, 0.29) is 0 Å². The first-order valence-corrected chi connectivity index (χ1v) is 6.63. The third-order valence-electron chi connectivity index (χ3n) is 2.50. The average molecular weight is 307 g/mol. The maximum absolute atomic E-state index is 5.43. The summed E-state index contributed by atoms with van der Waals surface area (Å²) in [6.07, 6.45) is 0.924. The van der Waals surface area contributed by atoms with Gasteiger partial charge >= 0.3 is 0 Å². The predicted molar refractivity (Wildman–Crippen MR) is 77.3 cm³/mol. The molecule has 0 fully saturated rings. The summed E-state index contributed by atoms with van der Waals surface area (Å²) in [5.74, 6) is 0.777. The number of hydrogen-bond donors (Lipinski definition) is 2. The van der Waals surface area contributed by atoms with Crippen molar-refractivity contribution >= 4 is 21.7 Å². The third-order valence-corrected chi connectivity index (χ3v) is 3.19. The molecule has 0 saturated carbocycles. The molecule has 94 valence electrons. The van der Waals surface area contributed by atoms with Crippen molar-refractivity contribution < 1.29 is 0 Å². The van der Waals surface area contributed by atoms with Crippen molar-refractivity contribution in [1.82, 2.24) is 10.2 Å². The van der Waals surface area contributed by atoms with Crippen molar-refractivity contribution in [2.75, 3.05) is 18.4 Å². The van der Waals surface area contributed by atoms with Crippen LogP contribution in [0.15, 0.2) is 40.9 Å². The molecule has 0 unspecified atom stereocenters. The topological polar surface area (TPSA) is 63.8 Å². The molecule has 1 aromatic carbocycles. The molecule has 2 aromatic rings. The molecule has 5 heteroatoms. The van der Waals surface area contributed by atoms with Gasteiger partial charge in [-0.05, 0) is 31.2 Å². The van der Waals surface area contributed by atoms with Gasteiger partial charge in [-0.3, -0.25) is 0 Å². The minimum absolute atomic E-state index is 0.676. The summed E-state index contributed by atoms with van der Waals surface area (Å²) in [6.45, 7) is 1.50. The molecule has 2 rings (SSSR count). The number of nitrogens with one attached hydrogen (secondary N) is 1. The van der Waals surface area contributed by atoms with Gasteiger partial charge in [-0.25, -0.2) is 0 Å². The smallest absolute Gasteiger partial charge is 0.148 e. The Hall–Kier alpha value is -1.46. The van der Waals surface area contributed by atoms with Crippen LogP contribution >= 0.6 is 15.9 Å². The zero-order valence-corrected chi connectivity index (χ0v) is 11.5. The number of hydrogen-bond acceptors (Lipinski definition) is 4. The fourth-order valence-electron chi connectivity index (χ4n) is 1.56. The van der Waals surface area contributed by atoms with Crippen LogP contribution in [0, 0.1) is 0 Å². The van der Waals surface area contributed by atoms with E-state index in [4.69, 9.17) is 5.73 Å². The maximum Gasteiger partial charge on any atom is 0.148 e. The lowest BCUT2D eigenvalue weighted by Gasteiger charge is -2.06. The Kier molecular flexibility index (Phi) is 4.66. The lowest BCUT2D eigenvalue weighted by Crippen LogP contribution is -2.09. The van der Waals surface area contributed by atoms with Crippen LogP contribution in [-0.2, 0) is 0 Å². The van der Waals surface area contributed by atoms with Crippen LogP contribution in [0.5, 0.6) is 0 Å². The summed E-state index contributed by atoms with van der Waals surface area (Å²) in [6, 6.07) is 11.8. The van der Waals surface area contributed by atoms with Crippen molar-refractivity contribution in [2.24, 2.45) is 5.73 Å². The second-order valence-electron chi connectivity index (χ2n) is 3.85. The molecule has 0 bridgehead atoms. The van der Waals surface area contributed by atoms with E-state index in [1.807, 2.05) is 36.4 Å². The first kappa shape index (κ1) is 13.0. The number of halogens is 1. The SMILES string of the molecule is NCCCNc1ccc(-c2ccccc2Br)nn1. The Balaban J connectivity index is 2.10. The average Bonchev–Trinajstić information content (AvgIpc) is 2.41. The van der Waals surface area contributed by atoms with E-state index in [1.165, 1.54) is 0 Å². The number of rotatable bonds is 5. The first-order valence-electron chi connectivity index (χ1n) is 5.84. The Labute approximate surface area is 115 Å². The van der Waals surface area contributed by atoms with Gasteiger partial charge < -0.3 is 11.1 Å². The Morgan fingerprint density at radius 2 is 1.94 bits per heavy atom. The van der Waals surface area contributed by atoms with Crippen molar-refractivity contribution in [2.45, 2.75) is 6.42 Å². The van der Waals surface area contributed by atoms with Crippen LogP contribution in [0.4, 0.5) is 5.82 Å². The van der Waals surface area contributed by atoms with Crippen LogP contribution in [0.3, 0.4) is 0 Å². The van der Waals surface area contributed by atoms with Crippen LogP contribution in [0.2, 0.25) is 0 Å². The molecule has 0 aliphatic heterocycles. The normalized spacial score (nSPS) is 10.3. The molecule has 1 aromatic heterocycles. The van der Waals surface area contributed by atoms with Gasteiger partial charge in [-0.15, -0.1) is 10.2 Å². The van der Waals surface area contributed by atoms with E-state index >= 15 is 0 Å². The van der Waals surface area contributed by atoms with Crippen molar-refractivity contribution in [3.8, 4) is 11.3 Å². The van der Waals surface area contributed by atoms with Gasteiger partial charge in [0.1, 0.15) is 5.82 Å². The molecule has 0 aliphatic carbocycles. The second kappa shape index (κ2) is 6.47. The highest BCUT2D eigenvalue weighted by molar-refractivity contribution is 9.10. The second-order valence-corrected chi connectivity index (χ2v) is 4.71. The minimum Gasteiger partial charge on any atom is -0.369 e. The predicted octanol–water partition coefficient (Wildman–Crippen LogP) is 2.67. The molecular formula is C13H15BrN4. The highest BCUT2D eigenvalue weighted by Gasteiger charge is 2.04. The molecule has 0 amide bonds. The van der Waals surface area contributed by atoms with Gasteiger partial charge in [0, 0.05) is 16.6 Å². The summed E-state index contributed by atoms with van der Waals surface area (Å²) in [7, 11) is 0. The van der Waals surface area contributed by atoms with E-state index in [0.29, 0.717) is 6.54 Å². The van der Waals surface area contributed by atoms with Gasteiger partial charge in [0.05, 0.1) is 5.69 Å². The number of aromatic nitrogens is 2. The minimum atomic E-state index is 0.676. The van der Waals surface area contributed by atoms with Gasteiger partial charge in [0.25, 0.3) is 0 Å². The molecule has 1 heterocycles. The molecule has 0 aliphatic rings. The zero-order valence-electron chi connectivity index (χ0n) is 9.94. The third kappa shape index (κ3) is 3.27. The van der Waals surface area contributed by atoms with Crippen LogP contribution in [0.1, 0.15) is 6.42 Å². The summed E-state index contributed by atoms with van der Waals surface area (Å²) in [4.78, 5) is 0. The van der Waals surface area contributed by atoms with Crippen LogP contribution in [-0.4, -0.2) is 23.3 Å². The lowest BCUT2D eigenvalue weighted by atomic mass is 10.1. The van der Waals surface area contributed by atoms with Crippen molar-refractivity contribution in [1.29, 1.82) is 0 Å². The largest absolute Gasteiger partial charge is 0.369 e. The maximum atomic E-state index is 5.43. The number of anilines is 1. The fourth-order valence-corrected chi connectivity index (χ4v) is 2.05. The van der Waals surface area contributed by atoms with E-state index < -0.39 is 0 Å². The highest BCUT2D eigenvalue weighted by Crippen LogP contribution is 2.25. The zero-order chi connectivity index (χ0) is 12.8. The first-order chi connectivity index (χ1) is 8.81. The molecule has 0 spiro atoms. The number of benzene rings is 1. The summed E-state index contributed by atoms with van der Waals surface area (Å²) in [5.41, 5.74) is 7.32. The fraction of sp³-hybridized carbons (Fsp3) is 0.231. The molecule has 0 radical (unpaired) electrons. The van der Waals surface area contributed by atoms with Crippen LogP contribution < -0.4 is 11.1 Å². The number of nitrogens with zero attached hydrogens (tertiary/aromatic N) is 2. The van der Waals surface area contributed by atoms with Gasteiger partial charge in [0.15, 0.2) is 0 Å². The molecule has 4 nitrogen and oxygen atoms in total. The summed E-state index contributed by atoms with van der Waals surface area (Å²) in [5, 5.41) is 11.5. The Bertz CT molecular complexity index is 499. The Morgan fingerprint density at radius 3 is 2.61 bits per heavy atom. The lowest BCUT2D eigenvalue weighted by molar-refractivity contribution is 0.864. The standard InChI is InChI=1S/C13H15BrN4/c14-11-5-2-1-4-10(11)12-6-7-13(18-17-12)16-9-3-8-15/h1-2,4-7H,3,8-9,15H2,(H,16,18). The molecule has 18 heavy (non-hydrogen) atoms. The van der Waals surface area contributed by atoms with Gasteiger partial charge in [0.2, 0.25) is 0 Å².